The third-order valence-corrected chi connectivity index (χ3v) is 5.26. The van der Waals surface area contributed by atoms with Crippen molar-refractivity contribution in [3.05, 3.63) is 35.0 Å². The number of rotatable bonds is 1. The molecule has 0 unspecified atom stereocenters. The summed E-state index contributed by atoms with van der Waals surface area (Å²) in [5, 5.41) is 11.4. The minimum Gasteiger partial charge on any atom is -0.509 e. The van der Waals surface area contributed by atoms with Crippen LogP contribution >= 0.6 is 11.3 Å². The topological polar surface area (TPSA) is 71.5 Å². The number of aliphatic hydroxyl groups excluding tert-OH is 1. The maximum Gasteiger partial charge on any atom is 0.134 e. The maximum atomic E-state index is 10.6. The van der Waals surface area contributed by atoms with E-state index in [4.69, 9.17) is 5.73 Å². The number of amidine groups is 1. The first-order chi connectivity index (χ1) is 9.70. The van der Waals surface area contributed by atoms with Crippen molar-refractivity contribution in [1.82, 2.24) is 4.98 Å². The van der Waals surface area contributed by atoms with Gasteiger partial charge in [0.15, 0.2) is 0 Å². The number of hydrogen-bond acceptors (Lipinski definition) is 5. The second-order valence-electron chi connectivity index (χ2n) is 5.45. The summed E-state index contributed by atoms with van der Waals surface area (Å²) >= 11 is 1.55. The van der Waals surface area contributed by atoms with Gasteiger partial charge in [-0.2, -0.15) is 0 Å². The van der Waals surface area contributed by atoms with Crippen LogP contribution in [0.5, 0.6) is 0 Å². The van der Waals surface area contributed by atoms with Gasteiger partial charge in [0.25, 0.3) is 0 Å². The Balaban J connectivity index is 1.88. The Morgan fingerprint density at radius 1 is 1.20 bits per heavy atom. The summed E-state index contributed by atoms with van der Waals surface area (Å²) in [7, 11) is 0. The Labute approximate surface area is 120 Å². The Hall–Kier alpha value is -1.88. The average molecular weight is 285 g/mol. The van der Waals surface area contributed by atoms with Crippen molar-refractivity contribution in [1.29, 1.82) is 0 Å². The predicted molar refractivity (Wildman–Crippen MR) is 82.0 cm³/mol. The second-order valence-corrected chi connectivity index (χ2v) is 6.48. The lowest BCUT2D eigenvalue weighted by atomic mass is 9.95. The Morgan fingerprint density at radius 3 is 2.70 bits per heavy atom. The summed E-state index contributed by atoms with van der Waals surface area (Å²) in [6.07, 6.45) is 3.95. The average Bonchev–Trinajstić information content (AvgIpc) is 3.10. The molecule has 4 nitrogen and oxygen atoms in total. The first-order valence-electron chi connectivity index (χ1n) is 6.85. The number of nitrogens with zero attached hydrogens (tertiary/aromatic N) is 2. The van der Waals surface area contributed by atoms with Crippen molar-refractivity contribution >= 4 is 33.0 Å². The van der Waals surface area contributed by atoms with E-state index in [9.17, 15) is 5.11 Å². The number of aliphatic imine (C=N–C) groups is 1. The molecule has 1 fully saturated rings. The molecule has 2 aliphatic rings. The zero-order valence-corrected chi connectivity index (χ0v) is 11.8. The SMILES string of the molecule is NC1=NC2(CCCC2)C(O)=C1c1nc2ccccc2s1. The van der Waals surface area contributed by atoms with Gasteiger partial charge in [-0.05, 0) is 25.0 Å². The summed E-state index contributed by atoms with van der Waals surface area (Å²) < 4.78 is 1.10. The summed E-state index contributed by atoms with van der Waals surface area (Å²) in [4.78, 5) is 9.16. The maximum absolute atomic E-state index is 10.6. The van der Waals surface area contributed by atoms with Crippen molar-refractivity contribution in [2.45, 2.75) is 31.2 Å². The molecule has 2 aromatic rings. The number of nitrogens with two attached hydrogens (primary N) is 1. The van der Waals surface area contributed by atoms with Crippen LogP contribution in [0.25, 0.3) is 15.8 Å². The van der Waals surface area contributed by atoms with Crippen LogP contribution < -0.4 is 5.73 Å². The molecule has 1 aliphatic carbocycles. The van der Waals surface area contributed by atoms with Crippen molar-refractivity contribution < 1.29 is 5.11 Å². The van der Waals surface area contributed by atoms with E-state index >= 15 is 0 Å². The molecule has 1 saturated carbocycles. The largest absolute Gasteiger partial charge is 0.509 e. The second kappa shape index (κ2) is 4.06. The normalized spacial score (nSPS) is 21.1. The summed E-state index contributed by atoms with van der Waals surface area (Å²) in [6, 6.07) is 7.95. The lowest BCUT2D eigenvalue weighted by molar-refractivity contribution is 0.308. The van der Waals surface area contributed by atoms with Crippen LogP contribution in [0.2, 0.25) is 0 Å². The van der Waals surface area contributed by atoms with E-state index in [1.54, 1.807) is 11.3 Å². The quantitative estimate of drug-likeness (QED) is 0.845. The van der Waals surface area contributed by atoms with E-state index in [0.29, 0.717) is 17.2 Å². The van der Waals surface area contributed by atoms with Gasteiger partial charge in [-0.25, -0.2) is 4.98 Å². The van der Waals surface area contributed by atoms with Crippen LogP contribution in [-0.4, -0.2) is 21.5 Å². The predicted octanol–water partition coefficient (Wildman–Crippen LogP) is 3.25. The highest BCUT2D eigenvalue weighted by molar-refractivity contribution is 7.19. The van der Waals surface area contributed by atoms with Crippen LogP contribution in [0.4, 0.5) is 0 Å². The summed E-state index contributed by atoms with van der Waals surface area (Å²) in [6.45, 7) is 0. The highest BCUT2D eigenvalue weighted by Gasteiger charge is 2.45. The van der Waals surface area contributed by atoms with Gasteiger partial charge >= 0.3 is 0 Å². The molecule has 1 aromatic heterocycles. The van der Waals surface area contributed by atoms with Crippen LogP contribution in [0.1, 0.15) is 30.7 Å². The lowest BCUT2D eigenvalue weighted by Crippen LogP contribution is -2.22. The number of hydrogen-bond donors (Lipinski definition) is 2. The summed E-state index contributed by atoms with van der Waals surface area (Å²) in [5.41, 5.74) is 7.20. The molecule has 20 heavy (non-hydrogen) atoms. The molecule has 1 aromatic carbocycles. The molecule has 4 rings (SSSR count). The van der Waals surface area contributed by atoms with E-state index in [1.165, 1.54) is 0 Å². The van der Waals surface area contributed by atoms with Crippen LogP contribution in [0.15, 0.2) is 35.0 Å². The number of thiazole rings is 1. The fourth-order valence-corrected chi connectivity index (χ4v) is 4.21. The fraction of sp³-hybridized carbons (Fsp3) is 0.333. The number of para-hydroxylation sites is 1. The van der Waals surface area contributed by atoms with Gasteiger partial charge in [-0.15, -0.1) is 11.3 Å². The first-order valence-corrected chi connectivity index (χ1v) is 7.67. The molecule has 0 radical (unpaired) electrons. The first kappa shape index (κ1) is 11.9. The molecular formula is C15H15N3OS. The minimum absolute atomic E-state index is 0.326. The molecule has 1 spiro atoms. The van der Waals surface area contributed by atoms with Crippen LogP contribution in [-0.2, 0) is 0 Å². The van der Waals surface area contributed by atoms with Gasteiger partial charge in [-0.1, -0.05) is 25.0 Å². The van der Waals surface area contributed by atoms with Crippen molar-refractivity contribution in [2.75, 3.05) is 0 Å². The van der Waals surface area contributed by atoms with E-state index in [2.05, 4.69) is 9.98 Å². The molecule has 0 bridgehead atoms. The van der Waals surface area contributed by atoms with Gasteiger partial charge in [0.2, 0.25) is 0 Å². The van der Waals surface area contributed by atoms with Crippen molar-refractivity contribution in [3.63, 3.8) is 0 Å². The molecule has 2 heterocycles. The van der Waals surface area contributed by atoms with Crippen molar-refractivity contribution in [2.24, 2.45) is 10.7 Å². The highest BCUT2D eigenvalue weighted by atomic mass is 32.1. The van der Waals surface area contributed by atoms with Gasteiger partial charge in [0.1, 0.15) is 22.1 Å². The third-order valence-electron chi connectivity index (χ3n) is 4.21. The zero-order valence-electron chi connectivity index (χ0n) is 11.0. The monoisotopic (exact) mass is 285 g/mol. The van der Waals surface area contributed by atoms with Gasteiger partial charge < -0.3 is 10.8 Å². The summed E-state index contributed by atoms with van der Waals surface area (Å²) in [5.74, 6) is 0.759. The minimum atomic E-state index is -0.461. The lowest BCUT2D eigenvalue weighted by Gasteiger charge is -2.19. The van der Waals surface area contributed by atoms with Gasteiger partial charge in [0, 0.05) is 0 Å². The molecule has 0 amide bonds. The fourth-order valence-electron chi connectivity index (χ4n) is 3.19. The van der Waals surface area contributed by atoms with E-state index in [0.717, 1.165) is 40.9 Å². The Kier molecular flexibility index (Phi) is 2.41. The van der Waals surface area contributed by atoms with Crippen molar-refractivity contribution in [3.8, 4) is 0 Å². The van der Waals surface area contributed by atoms with E-state index in [-0.39, 0.29) is 0 Å². The molecule has 0 atom stereocenters. The number of aromatic nitrogens is 1. The third kappa shape index (κ3) is 1.53. The number of fused-ring (bicyclic) bond motifs is 1. The molecule has 102 valence electrons. The molecule has 3 N–H and O–H groups in total. The van der Waals surface area contributed by atoms with Gasteiger partial charge in [0.05, 0.1) is 15.8 Å². The Bertz CT molecular complexity index is 720. The standard InChI is InChI=1S/C15H15N3OS/c16-13-11(12(19)15(18-13)7-3-4-8-15)14-17-9-5-1-2-6-10(9)20-14/h1-2,5-6,19H,3-4,7-8H2,(H2,16,18). The molecule has 1 aliphatic heterocycles. The van der Waals surface area contributed by atoms with Crippen LogP contribution in [0.3, 0.4) is 0 Å². The number of aliphatic hydroxyl groups is 1. The molecule has 0 saturated heterocycles. The molecule has 5 heteroatoms. The highest BCUT2D eigenvalue weighted by Crippen LogP contribution is 2.46. The van der Waals surface area contributed by atoms with Crippen LogP contribution in [0, 0.1) is 0 Å². The van der Waals surface area contributed by atoms with E-state index in [1.807, 2.05) is 24.3 Å². The molecular weight excluding hydrogens is 270 g/mol. The smallest absolute Gasteiger partial charge is 0.134 e. The van der Waals surface area contributed by atoms with E-state index < -0.39 is 5.54 Å². The Morgan fingerprint density at radius 2 is 1.95 bits per heavy atom. The zero-order chi connectivity index (χ0) is 13.7. The van der Waals surface area contributed by atoms with Gasteiger partial charge in [-0.3, -0.25) is 4.99 Å². The number of benzene rings is 1.